The van der Waals surface area contributed by atoms with Crippen LogP contribution >= 0.6 is 0 Å². The van der Waals surface area contributed by atoms with Crippen LogP contribution in [0.25, 0.3) is 21.6 Å². The molecule has 0 saturated heterocycles. The van der Waals surface area contributed by atoms with Crippen molar-refractivity contribution in [2.45, 2.75) is 29.3 Å². The van der Waals surface area contributed by atoms with Crippen molar-refractivity contribution < 1.29 is 8.42 Å². The van der Waals surface area contributed by atoms with E-state index in [9.17, 15) is 8.42 Å². The molecule has 132 valence electrons. The summed E-state index contributed by atoms with van der Waals surface area (Å²) in [7, 11) is -3.95. The summed E-state index contributed by atoms with van der Waals surface area (Å²) in [6.45, 7) is 5.50. The van der Waals surface area contributed by atoms with Crippen LogP contribution in [-0.2, 0) is 9.84 Å². The van der Waals surface area contributed by atoms with E-state index < -0.39 is 15.9 Å². The Morgan fingerprint density at radius 3 is 2.69 bits per heavy atom. The molecule has 0 aliphatic heterocycles. The first-order chi connectivity index (χ1) is 12.5. The smallest absolute Gasteiger partial charge is 0.225 e. The SMILES string of the molecule is C=CCC(N=[N+]=[N-])c1nc2cc[nH]c2nc1S(=O)(=O)c1ccc(C)cc1. The van der Waals surface area contributed by atoms with Crippen LogP contribution in [-0.4, -0.2) is 23.4 Å². The molecule has 8 nitrogen and oxygen atoms in total. The lowest BCUT2D eigenvalue weighted by molar-refractivity contribution is 0.584. The van der Waals surface area contributed by atoms with Gasteiger partial charge in [-0.05, 0) is 37.1 Å². The van der Waals surface area contributed by atoms with Crippen molar-refractivity contribution in [3.05, 3.63) is 70.9 Å². The Morgan fingerprint density at radius 2 is 2.04 bits per heavy atom. The molecule has 0 fully saturated rings. The number of fused-ring (bicyclic) bond motifs is 1. The highest BCUT2D eigenvalue weighted by Crippen LogP contribution is 2.31. The van der Waals surface area contributed by atoms with E-state index in [4.69, 9.17) is 5.53 Å². The Hall–Kier alpha value is -3.16. The molecule has 0 aliphatic rings. The number of nitrogens with zero attached hydrogens (tertiary/aromatic N) is 5. The highest BCUT2D eigenvalue weighted by Gasteiger charge is 2.28. The molecule has 1 unspecified atom stereocenters. The number of aromatic nitrogens is 3. The summed E-state index contributed by atoms with van der Waals surface area (Å²) in [4.78, 5) is 14.4. The number of nitrogens with one attached hydrogen (secondary N) is 1. The zero-order valence-electron chi connectivity index (χ0n) is 14.0. The van der Waals surface area contributed by atoms with Gasteiger partial charge in [0.05, 0.1) is 16.6 Å². The fraction of sp³-hybridized carbons (Fsp3) is 0.176. The Labute approximate surface area is 150 Å². The summed E-state index contributed by atoms with van der Waals surface area (Å²) in [6, 6.07) is 7.31. The number of aryl methyl sites for hydroxylation is 1. The monoisotopic (exact) mass is 368 g/mol. The predicted molar refractivity (Wildman–Crippen MR) is 97.2 cm³/mol. The van der Waals surface area contributed by atoms with Crippen molar-refractivity contribution in [2.24, 2.45) is 5.11 Å². The number of benzene rings is 1. The summed E-state index contributed by atoms with van der Waals surface area (Å²) in [5.74, 6) is 0. The van der Waals surface area contributed by atoms with Gasteiger partial charge in [-0.15, -0.1) is 6.58 Å². The standard InChI is InChI=1S/C17H16N6O2S/c1-3-4-13(22-23-18)15-17(21-16-14(20-15)9-10-19-16)26(24,25)12-7-5-11(2)6-8-12/h3,5-10,13H,1,4H2,2H3,(H,19,21). The fourth-order valence-electron chi connectivity index (χ4n) is 2.55. The highest BCUT2D eigenvalue weighted by atomic mass is 32.2. The van der Waals surface area contributed by atoms with Gasteiger partial charge in [-0.1, -0.05) is 28.9 Å². The normalized spacial score (nSPS) is 12.5. The molecule has 0 spiro atoms. The number of sulfone groups is 1. The van der Waals surface area contributed by atoms with Gasteiger partial charge in [-0.2, -0.15) is 0 Å². The number of hydrogen-bond acceptors (Lipinski definition) is 5. The van der Waals surface area contributed by atoms with E-state index in [1.165, 1.54) is 12.1 Å². The van der Waals surface area contributed by atoms with E-state index in [2.05, 4.69) is 31.6 Å². The van der Waals surface area contributed by atoms with Gasteiger partial charge in [0, 0.05) is 11.1 Å². The third-order valence-corrected chi connectivity index (χ3v) is 5.56. The minimum absolute atomic E-state index is 0.0999. The quantitative estimate of drug-likeness (QED) is 0.305. The van der Waals surface area contributed by atoms with Gasteiger partial charge in [0.25, 0.3) is 0 Å². The molecule has 1 N–H and O–H groups in total. The third kappa shape index (κ3) is 3.17. The van der Waals surface area contributed by atoms with Gasteiger partial charge in [0.15, 0.2) is 10.7 Å². The number of H-pyrrole nitrogens is 1. The maximum atomic E-state index is 13.2. The molecule has 1 aromatic carbocycles. The molecule has 9 heteroatoms. The van der Waals surface area contributed by atoms with Crippen LogP contribution in [0.3, 0.4) is 0 Å². The number of rotatable bonds is 6. The summed E-state index contributed by atoms with van der Waals surface area (Å²) in [5.41, 5.74) is 10.7. The van der Waals surface area contributed by atoms with Gasteiger partial charge in [-0.25, -0.2) is 18.4 Å². The second-order valence-corrected chi connectivity index (χ2v) is 7.55. The molecular formula is C17H16N6O2S. The number of hydrogen-bond donors (Lipinski definition) is 1. The first-order valence-corrected chi connectivity index (χ1v) is 9.27. The zero-order chi connectivity index (χ0) is 18.7. The zero-order valence-corrected chi connectivity index (χ0v) is 14.8. The van der Waals surface area contributed by atoms with E-state index in [0.29, 0.717) is 11.2 Å². The molecule has 26 heavy (non-hydrogen) atoms. The highest BCUT2D eigenvalue weighted by molar-refractivity contribution is 7.91. The van der Waals surface area contributed by atoms with Crippen LogP contribution in [0.15, 0.2) is 64.2 Å². The Morgan fingerprint density at radius 1 is 1.31 bits per heavy atom. The van der Waals surface area contributed by atoms with Crippen LogP contribution in [0.1, 0.15) is 23.7 Å². The molecule has 1 atom stereocenters. The molecule has 2 heterocycles. The Kier molecular flexibility index (Phi) is 4.75. The van der Waals surface area contributed by atoms with E-state index in [1.54, 1.807) is 30.5 Å². The molecule has 0 aliphatic carbocycles. The van der Waals surface area contributed by atoms with E-state index in [1.807, 2.05) is 6.92 Å². The lowest BCUT2D eigenvalue weighted by atomic mass is 10.1. The minimum Gasteiger partial charge on any atom is -0.345 e. The number of azide groups is 1. The molecule has 0 amide bonds. The Balaban J connectivity index is 2.29. The molecule has 3 rings (SSSR count). The molecule has 3 aromatic rings. The van der Waals surface area contributed by atoms with Crippen LogP contribution in [0.2, 0.25) is 0 Å². The fourth-order valence-corrected chi connectivity index (χ4v) is 3.93. The second kappa shape index (κ2) is 6.99. The molecule has 2 aromatic heterocycles. The summed E-state index contributed by atoms with van der Waals surface area (Å²) in [6.07, 6.45) is 3.41. The van der Waals surface area contributed by atoms with Crippen molar-refractivity contribution in [3.63, 3.8) is 0 Å². The first kappa shape index (κ1) is 17.7. The van der Waals surface area contributed by atoms with Gasteiger partial charge in [-0.3, -0.25) is 0 Å². The van der Waals surface area contributed by atoms with Gasteiger partial charge in [0.1, 0.15) is 5.52 Å². The first-order valence-electron chi connectivity index (χ1n) is 7.79. The average Bonchev–Trinajstić information content (AvgIpc) is 3.08. The van der Waals surface area contributed by atoms with Crippen LogP contribution in [0.4, 0.5) is 0 Å². The van der Waals surface area contributed by atoms with E-state index in [-0.39, 0.29) is 22.0 Å². The maximum Gasteiger partial charge on any atom is 0.225 e. The Bertz CT molecular complexity index is 1110. The predicted octanol–water partition coefficient (Wildman–Crippen LogP) is 4.03. The lowest BCUT2D eigenvalue weighted by Gasteiger charge is -2.14. The molecule has 0 bridgehead atoms. The summed E-state index contributed by atoms with van der Waals surface area (Å²) >= 11 is 0. The topological polar surface area (TPSA) is 124 Å². The minimum atomic E-state index is -3.95. The number of aromatic amines is 1. The van der Waals surface area contributed by atoms with Gasteiger partial charge in [0.2, 0.25) is 9.84 Å². The second-order valence-electron chi connectivity index (χ2n) is 5.69. The largest absolute Gasteiger partial charge is 0.345 e. The van der Waals surface area contributed by atoms with Crippen molar-refractivity contribution in [2.75, 3.05) is 0 Å². The lowest BCUT2D eigenvalue weighted by Crippen LogP contribution is -2.13. The maximum absolute atomic E-state index is 13.2. The van der Waals surface area contributed by atoms with Crippen LogP contribution < -0.4 is 0 Å². The van der Waals surface area contributed by atoms with Crippen molar-refractivity contribution in [1.82, 2.24) is 15.0 Å². The molecule has 0 radical (unpaired) electrons. The molecular weight excluding hydrogens is 352 g/mol. The summed E-state index contributed by atoms with van der Waals surface area (Å²) < 4.78 is 26.3. The van der Waals surface area contributed by atoms with Gasteiger partial charge < -0.3 is 4.98 Å². The van der Waals surface area contributed by atoms with Crippen molar-refractivity contribution >= 4 is 21.0 Å². The average molecular weight is 368 g/mol. The van der Waals surface area contributed by atoms with Crippen LogP contribution in [0, 0.1) is 6.92 Å². The van der Waals surface area contributed by atoms with Crippen molar-refractivity contribution in [3.8, 4) is 0 Å². The van der Waals surface area contributed by atoms with Crippen LogP contribution in [0.5, 0.6) is 0 Å². The van der Waals surface area contributed by atoms with Gasteiger partial charge >= 0.3 is 0 Å². The summed E-state index contributed by atoms with van der Waals surface area (Å²) in [5, 5.41) is 3.46. The van der Waals surface area contributed by atoms with Crippen molar-refractivity contribution in [1.29, 1.82) is 0 Å². The van der Waals surface area contributed by atoms with E-state index >= 15 is 0 Å². The third-order valence-electron chi connectivity index (χ3n) is 3.86. The molecule has 0 saturated carbocycles. The van der Waals surface area contributed by atoms with E-state index in [0.717, 1.165) is 5.56 Å².